The van der Waals surface area contributed by atoms with E-state index in [1.54, 1.807) is 13.0 Å². The van der Waals surface area contributed by atoms with Crippen LogP contribution >= 0.6 is 0 Å². The van der Waals surface area contributed by atoms with E-state index >= 15 is 0 Å². The van der Waals surface area contributed by atoms with Crippen molar-refractivity contribution in [2.45, 2.75) is 26.0 Å². The number of aliphatic hydroxyl groups excluding tert-OH is 1. The minimum absolute atomic E-state index is 0.261. The Hall–Kier alpha value is -1.37. The number of nitrogens with zero attached hydrogens (tertiary/aromatic N) is 1. The zero-order chi connectivity index (χ0) is 11.1. The van der Waals surface area contributed by atoms with E-state index in [0.29, 0.717) is 5.56 Å². The molecule has 2 N–H and O–H groups in total. The van der Waals surface area contributed by atoms with E-state index in [9.17, 15) is 0 Å². The molecule has 1 rings (SSSR count). The fourth-order valence-corrected chi connectivity index (χ4v) is 1.29. The Morgan fingerprint density at radius 3 is 3.00 bits per heavy atom. The van der Waals surface area contributed by atoms with Gasteiger partial charge in [-0.25, -0.2) is 0 Å². The average Bonchev–Trinajstić information content (AvgIpc) is 2.24. The second-order valence-corrected chi connectivity index (χ2v) is 3.63. The Kier molecular flexibility index (Phi) is 4.82. The minimum Gasteiger partial charge on any atom is -0.393 e. The molecule has 0 heterocycles. The summed E-state index contributed by atoms with van der Waals surface area (Å²) in [6.45, 7) is 3.30. The van der Waals surface area contributed by atoms with Crippen LogP contribution in [0.2, 0.25) is 0 Å². The minimum atomic E-state index is -0.261. The van der Waals surface area contributed by atoms with Gasteiger partial charge in [-0.2, -0.15) is 5.26 Å². The lowest BCUT2D eigenvalue weighted by Crippen LogP contribution is -2.18. The van der Waals surface area contributed by atoms with Gasteiger partial charge in [-0.05, 0) is 37.6 Å². The number of nitrogens with one attached hydrogen (secondary N) is 1. The topological polar surface area (TPSA) is 56.0 Å². The van der Waals surface area contributed by atoms with Crippen LogP contribution in [0, 0.1) is 11.3 Å². The van der Waals surface area contributed by atoms with Gasteiger partial charge in [0.05, 0.1) is 17.7 Å². The molecule has 0 fully saturated rings. The number of benzene rings is 1. The number of rotatable bonds is 5. The molecule has 0 aliphatic rings. The first-order valence-electron chi connectivity index (χ1n) is 5.10. The fraction of sp³-hybridized carbons (Fsp3) is 0.417. The zero-order valence-electron chi connectivity index (χ0n) is 8.90. The van der Waals surface area contributed by atoms with Crippen molar-refractivity contribution >= 4 is 0 Å². The highest BCUT2D eigenvalue weighted by molar-refractivity contribution is 5.32. The highest BCUT2D eigenvalue weighted by Crippen LogP contribution is 2.03. The van der Waals surface area contributed by atoms with Gasteiger partial charge in [-0.3, -0.25) is 0 Å². The van der Waals surface area contributed by atoms with Crippen molar-refractivity contribution in [3.63, 3.8) is 0 Å². The predicted molar refractivity (Wildman–Crippen MR) is 59.2 cm³/mol. The van der Waals surface area contributed by atoms with Crippen LogP contribution in [0.15, 0.2) is 24.3 Å². The van der Waals surface area contributed by atoms with E-state index in [4.69, 9.17) is 10.4 Å². The molecular weight excluding hydrogens is 188 g/mol. The lowest BCUT2D eigenvalue weighted by molar-refractivity contribution is 0.183. The van der Waals surface area contributed by atoms with Crippen LogP contribution in [0.3, 0.4) is 0 Å². The van der Waals surface area contributed by atoms with Crippen LogP contribution in [0.4, 0.5) is 0 Å². The van der Waals surface area contributed by atoms with Gasteiger partial charge in [0.25, 0.3) is 0 Å². The molecule has 0 radical (unpaired) electrons. The van der Waals surface area contributed by atoms with Crippen molar-refractivity contribution in [2.24, 2.45) is 0 Å². The van der Waals surface area contributed by atoms with Gasteiger partial charge >= 0.3 is 0 Å². The molecule has 1 aromatic carbocycles. The summed E-state index contributed by atoms with van der Waals surface area (Å²) in [6, 6.07) is 9.63. The average molecular weight is 204 g/mol. The summed E-state index contributed by atoms with van der Waals surface area (Å²) in [5, 5.41) is 21.0. The van der Waals surface area contributed by atoms with Crippen molar-refractivity contribution in [3.8, 4) is 6.07 Å². The molecule has 0 aliphatic heterocycles. The van der Waals surface area contributed by atoms with Gasteiger partial charge in [0.15, 0.2) is 0 Å². The third-order valence-corrected chi connectivity index (χ3v) is 2.12. The number of nitriles is 1. The van der Waals surface area contributed by atoms with Gasteiger partial charge in [-0.1, -0.05) is 12.1 Å². The summed E-state index contributed by atoms with van der Waals surface area (Å²) in [5.74, 6) is 0. The summed E-state index contributed by atoms with van der Waals surface area (Å²) in [6.07, 6.45) is 0.487. The maximum Gasteiger partial charge on any atom is 0.0991 e. The highest BCUT2D eigenvalue weighted by Gasteiger charge is 1.97. The standard InChI is InChI=1S/C12H16N2O/c1-10(15)5-6-14-9-12-4-2-3-11(7-12)8-13/h2-4,7,10,14-15H,5-6,9H2,1H3/t10-/m0/s1. The van der Waals surface area contributed by atoms with Crippen molar-refractivity contribution in [2.75, 3.05) is 6.54 Å². The molecule has 0 saturated carbocycles. The first kappa shape index (κ1) is 11.7. The van der Waals surface area contributed by atoms with E-state index in [-0.39, 0.29) is 6.10 Å². The van der Waals surface area contributed by atoms with Gasteiger partial charge in [0, 0.05) is 6.54 Å². The Labute approximate surface area is 90.4 Å². The molecule has 1 atom stereocenters. The maximum atomic E-state index is 9.05. The Bertz CT molecular complexity index is 342. The third kappa shape index (κ3) is 4.59. The Balaban J connectivity index is 2.35. The normalized spacial score (nSPS) is 12.1. The van der Waals surface area contributed by atoms with Crippen LogP contribution < -0.4 is 5.32 Å². The second kappa shape index (κ2) is 6.18. The van der Waals surface area contributed by atoms with Gasteiger partial charge < -0.3 is 10.4 Å². The predicted octanol–water partition coefficient (Wildman–Crippen LogP) is 1.42. The van der Waals surface area contributed by atoms with Crippen molar-refractivity contribution in [3.05, 3.63) is 35.4 Å². The monoisotopic (exact) mass is 204 g/mol. The number of hydrogen-bond acceptors (Lipinski definition) is 3. The summed E-state index contributed by atoms with van der Waals surface area (Å²) < 4.78 is 0. The van der Waals surface area contributed by atoms with Crippen molar-refractivity contribution < 1.29 is 5.11 Å². The van der Waals surface area contributed by atoms with E-state index in [1.807, 2.05) is 18.2 Å². The van der Waals surface area contributed by atoms with Gasteiger partial charge in [-0.15, -0.1) is 0 Å². The molecule has 0 amide bonds. The molecule has 80 valence electrons. The lowest BCUT2D eigenvalue weighted by Gasteiger charge is -2.06. The van der Waals surface area contributed by atoms with Crippen molar-refractivity contribution in [1.29, 1.82) is 5.26 Å². The van der Waals surface area contributed by atoms with Crippen molar-refractivity contribution in [1.82, 2.24) is 5.32 Å². The number of hydrogen-bond donors (Lipinski definition) is 2. The molecule has 0 spiro atoms. The molecule has 0 unspecified atom stereocenters. The maximum absolute atomic E-state index is 9.05. The molecular formula is C12H16N2O. The van der Waals surface area contributed by atoms with Crippen LogP contribution in [0.5, 0.6) is 0 Å². The van der Waals surface area contributed by atoms with Gasteiger partial charge in [0.2, 0.25) is 0 Å². The highest BCUT2D eigenvalue weighted by atomic mass is 16.3. The summed E-state index contributed by atoms with van der Waals surface area (Å²) in [5.41, 5.74) is 1.78. The fourth-order valence-electron chi connectivity index (χ4n) is 1.29. The smallest absolute Gasteiger partial charge is 0.0991 e. The molecule has 0 bridgehead atoms. The number of aliphatic hydroxyl groups is 1. The van der Waals surface area contributed by atoms with Crippen LogP contribution in [0.25, 0.3) is 0 Å². The van der Waals surface area contributed by atoms with Gasteiger partial charge in [0.1, 0.15) is 0 Å². The molecule has 3 heteroatoms. The third-order valence-electron chi connectivity index (χ3n) is 2.12. The molecule has 0 aromatic heterocycles. The Morgan fingerprint density at radius 2 is 2.33 bits per heavy atom. The quantitative estimate of drug-likeness (QED) is 0.713. The second-order valence-electron chi connectivity index (χ2n) is 3.63. The largest absolute Gasteiger partial charge is 0.393 e. The molecule has 15 heavy (non-hydrogen) atoms. The van der Waals surface area contributed by atoms with E-state index < -0.39 is 0 Å². The first-order chi connectivity index (χ1) is 7.22. The summed E-state index contributed by atoms with van der Waals surface area (Å²) >= 11 is 0. The summed E-state index contributed by atoms with van der Waals surface area (Å²) in [4.78, 5) is 0. The SMILES string of the molecule is C[C@H](O)CCNCc1cccc(C#N)c1. The van der Waals surface area contributed by atoms with Crippen LogP contribution in [-0.4, -0.2) is 17.8 Å². The molecule has 1 aromatic rings. The zero-order valence-corrected chi connectivity index (χ0v) is 8.90. The van der Waals surface area contributed by atoms with E-state index in [2.05, 4.69) is 11.4 Å². The van der Waals surface area contributed by atoms with E-state index in [0.717, 1.165) is 25.1 Å². The van der Waals surface area contributed by atoms with Crippen LogP contribution in [0.1, 0.15) is 24.5 Å². The first-order valence-corrected chi connectivity index (χ1v) is 5.10. The Morgan fingerprint density at radius 1 is 1.53 bits per heavy atom. The molecule has 0 saturated heterocycles. The summed E-state index contributed by atoms with van der Waals surface area (Å²) in [7, 11) is 0. The molecule has 0 aliphatic carbocycles. The lowest BCUT2D eigenvalue weighted by atomic mass is 10.1. The molecule has 3 nitrogen and oxygen atoms in total. The van der Waals surface area contributed by atoms with Crippen LogP contribution in [-0.2, 0) is 6.54 Å². The van der Waals surface area contributed by atoms with E-state index in [1.165, 1.54) is 0 Å².